The van der Waals surface area contributed by atoms with Gasteiger partial charge in [-0.3, -0.25) is 9.89 Å². The standard InChI is InChI=1S/C16H18F2N4O3.ClH/c1-24-10-2-3-13(25-16(17)18)9(6-10)7-20-15(23)14-11-8-19-5-4-12(11)21-22-14;/h2-3,6,16,19H,4-5,7-8H2,1H3,(H,20,23)(H,21,22);1H. The topological polar surface area (TPSA) is 88.3 Å². The Morgan fingerprint density at radius 1 is 1.42 bits per heavy atom. The van der Waals surface area contributed by atoms with Crippen molar-refractivity contribution in [3.8, 4) is 11.5 Å². The molecule has 26 heavy (non-hydrogen) atoms. The highest BCUT2D eigenvalue weighted by molar-refractivity contribution is 5.94. The van der Waals surface area contributed by atoms with Crippen molar-refractivity contribution in [2.45, 2.75) is 26.1 Å². The van der Waals surface area contributed by atoms with Crippen molar-refractivity contribution in [3.63, 3.8) is 0 Å². The monoisotopic (exact) mass is 388 g/mol. The number of nitrogens with zero attached hydrogens (tertiary/aromatic N) is 1. The summed E-state index contributed by atoms with van der Waals surface area (Å²) in [4.78, 5) is 12.4. The van der Waals surface area contributed by atoms with Crippen LogP contribution in [0.3, 0.4) is 0 Å². The number of carbonyl (C=O) groups excluding carboxylic acids is 1. The number of methoxy groups -OCH3 is 1. The van der Waals surface area contributed by atoms with Crippen LogP contribution in [0.25, 0.3) is 0 Å². The van der Waals surface area contributed by atoms with Crippen molar-refractivity contribution in [1.29, 1.82) is 0 Å². The van der Waals surface area contributed by atoms with Gasteiger partial charge in [0, 0.05) is 42.9 Å². The number of H-pyrrole nitrogens is 1. The van der Waals surface area contributed by atoms with E-state index in [1.165, 1.54) is 19.2 Å². The van der Waals surface area contributed by atoms with E-state index in [2.05, 4.69) is 25.6 Å². The Labute approximate surface area is 154 Å². The highest BCUT2D eigenvalue weighted by Crippen LogP contribution is 2.26. The average Bonchev–Trinajstić information content (AvgIpc) is 3.04. The molecule has 3 rings (SSSR count). The Morgan fingerprint density at radius 3 is 2.96 bits per heavy atom. The third kappa shape index (κ3) is 4.41. The number of hydrogen-bond donors (Lipinski definition) is 3. The predicted molar refractivity (Wildman–Crippen MR) is 92.0 cm³/mol. The molecule has 10 heteroatoms. The van der Waals surface area contributed by atoms with E-state index in [9.17, 15) is 13.6 Å². The van der Waals surface area contributed by atoms with Crippen LogP contribution in [0.4, 0.5) is 8.78 Å². The SMILES string of the molecule is COc1ccc(OC(F)F)c(CNC(=O)c2n[nH]c3c2CNCC3)c1.Cl. The second kappa shape index (κ2) is 8.81. The van der Waals surface area contributed by atoms with E-state index in [-0.39, 0.29) is 30.6 Å². The molecule has 1 aromatic carbocycles. The average molecular weight is 389 g/mol. The summed E-state index contributed by atoms with van der Waals surface area (Å²) in [5, 5.41) is 12.8. The lowest BCUT2D eigenvalue weighted by Gasteiger charge is -2.14. The summed E-state index contributed by atoms with van der Waals surface area (Å²) in [6.07, 6.45) is 0.776. The Bertz CT molecular complexity index is 770. The first-order valence-corrected chi connectivity index (χ1v) is 7.75. The van der Waals surface area contributed by atoms with Crippen LogP contribution in [0.2, 0.25) is 0 Å². The molecule has 0 saturated carbocycles. The number of alkyl halides is 2. The molecule has 1 aliphatic rings. The number of halogens is 3. The van der Waals surface area contributed by atoms with Crippen molar-refractivity contribution >= 4 is 18.3 Å². The molecule has 1 aromatic heterocycles. The summed E-state index contributed by atoms with van der Waals surface area (Å²) in [5.74, 6) is 0.0843. The summed E-state index contributed by atoms with van der Waals surface area (Å²) in [7, 11) is 1.47. The maximum absolute atomic E-state index is 12.5. The second-order valence-corrected chi connectivity index (χ2v) is 5.49. The van der Waals surface area contributed by atoms with Gasteiger partial charge >= 0.3 is 6.61 Å². The third-order valence-corrected chi connectivity index (χ3v) is 3.94. The van der Waals surface area contributed by atoms with Gasteiger partial charge in [0.2, 0.25) is 0 Å². The van der Waals surface area contributed by atoms with Gasteiger partial charge in [0.1, 0.15) is 11.5 Å². The van der Waals surface area contributed by atoms with Crippen molar-refractivity contribution in [3.05, 3.63) is 40.7 Å². The fourth-order valence-corrected chi connectivity index (χ4v) is 2.70. The van der Waals surface area contributed by atoms with E-state index < -0.39 is 6.61 Å². The molecule has 7 nitrogen and oxygen atoms in total. The summed E-state index contributed by atoms with van der Waals surface area (Å²) in [5.41, 5.74) is 2.46. The molecule has 0 radical (unpaired) electrons. The predicted octanol–water partition coefficient (Wildman–Crippen LogP) is 2.02. The Kier molecular flexibility index (Phi) is 6.76. The van der Waals surface area contributed by atoms with Crippen molar-refractivity contribution in [2.24, 2.45) is 0 Å². The zero-order chi connectivity index (χ0) is 17.8. The number of carbonyl (C=O) groups is 1. The van der Waals surface area contributed by atoms with Gasteiger partial charge < -0.3 is 20.1 Å². The number of fused-ring (bicyclic) bond motifs is 1. The number of aromatic nitrogens is 2. The number of aromatic amines is 1. The van der Waals surface area contributed by atoms with E-state index in [0.717, 1.165) is 24.2 Å². The fourth-order valence-electron chi connectivity index (χ4n) is 2.70. The largest absolute Gasteiger partial charge is 0.497 e. The number of nitrogens with one attached hydrogen (secondary N) is 3. The minimum atomic E-state index is -2.95. The number of amides is 1. The van der Waals surface area contributed by atoms with Crippen LogP contribution in [-0.4, -0.2) is 36.4 Å². The summed E-state index contributed by atoms with van der Waals surface area (Å²) < 4.78 is 34.6. The molecular formula is C16H19ClF2N4O3. The van der Waals surface area contributed by atoms with Crippen LogP contribution in [0.1, 0.15) is 27.3 Å². The molecule has 142 valence electrons. The minimum absolute atomic E-state index is 0. The van der Waals surface area contributed by atoms with E-state index >= 15 is 0 Å². The number of ether oxygens (including phenoxy) is 2. The van der Waals surface area contributed by atoms with Crippen molar-refractivity contribution in [1.82, 2.24) is 20.8 Å². The normalized spacial score (nSPS) is 12.9. The first kappa shape index (κ1) is 19.9. The molecule has 0 saturated heterocycles. The molecule has 2 aromatic rings. The van der Waals surface area contributed by atoms with E-state index in [0.29, 0.717) is 23.6 Å². The van der Waals surface area contributed by atoms with E-state index in [4.69, 9.17) is 4.74 Å². The van der Waals surface area contributed by atoms with E-state index in [1.54, 1.807) is 6.07 Å². The lowest BCUT2D eigenvalue weighted by atomic mass is 10.1. The van der Waals surface area contributed by atoms with E-state index in [1.807, 2.05) is 0 Å². The number of benzene rings is 1. The van der Waals surface area contributed by atoms with Gasteiger partial charge in [-0.15, -0.1) is 12.4 Å². The zero-order valence-corrected chi connectivity index (χ0v) is 14.8. The van der Waals surface area contributed by atoms with Crippen molar-refractivity contribution in [2.75, 3.05) is 13.7 Å². The highest BCUT2D eigenvalue weighted by Gasteiger charge is 2.21. The van der Waals surface area contributed by atoms with Gasteiger partial charge in [-0.1, -0.05) is 0 Å². The van der Waals surface area contributed by atoms with Crippen LogP contribution in [0, 0.1) is 0 Å². The van der Waals surface area contributed by atoms with Crippen molar-refractivity contribution < 1.29 is 23.0 Å². The zero-order valence-electron chi connectivity index (χ0n) is 14.0. The third-order valence-electron chi connectivity index (χ3n) is 3.94. The van der Waals surface area contributed by atoms with Gasteiger partial charge in [-0.25, -0.2) is 0 Å². The number of hydrogen-bond acceptors (Lipinski definition) is 5. The molecule has 3 N–H and O–H groups in total. The smallest absolute Gasteiger partial charge is 0.387 e. The minimum Gasteiger partial charge on any atom is -0.497 e. The second-order valence-electron chi connectivity index (χ2n) is 5.49. The maximum Gasteiger partial charge on any atom is 0.387 e. The Hall–Kier alpha value is -2.39. The molecule has 0 fully saturated rings. The molecular weight excluding hydrogens is 370 g/mol. The van der Waals surface area contributed by atoms with Gasteiger partial charge in [0.25, 0.3) is 5.91 Å². The molecule has 0 bridgehead atoms. The Morgan fingerprint density at radius 2 is 2.23 bits per heavy atom. The van der Waals surface area contributed by atoms with Crippen LogP contribution in [0.5, 0.6) is 11.5 Å². The van der Waals surface area contributed by atoms with Gasteiger partial charge in [0.05, 0.1) is 7.11 Å². The molecule has 0 unspecified atom stereocenters. The van der Waals surface area contributed by atoms with Crippen LogP contribution in [-0.2, 0) is 19.5 Å². The number of rotatable bonds is 6. The van der Waals surface area contributed by atoms with Gasteiger partial charge in [-0.2, -0.15) is 13.9 Å². The molecule has 1 amide bonds. The molecule has 0 atom stereocenters. The lowest BCUT2D eigenvalue weighted by molar-refractivity contribution is -0.0505. The maximum atomic E-state index is 12.5. The summed E-state index contributed by atoms with van der Waals surface area (Å²) in [6, 6.07) is 4.44. The van der Waals surface area contributed by atoms with Crippen LogP contribution < -0.4 is 20.1 Å². The molecule has 2 heterocycles. The van der Waals surface area contributed by atoms with Crippen LogP contribution in [0.15, 0.2) is 18.2 Å². The fraction of sp³-hybridized carbons (Fsp3) is 0.375. The molecule has 0 spiro atoms. The quantitative estimate of drug-likeness (QED) is 0.704. The lowest BCUT2D eigenvalue weighted by Crippen LogP contribution is -2.28. The molecule has 0 aliphatic carbocycles. The highest BCUT2D eigenvalue weighted by atomic mass is 35.5. The Balaban J connectivity index is 0.00000243. The first-order valence-electron chi connectivity index (χ1n) is 7.75. The summed E-state index contributed by atoms with van der Waals surface area (Å²) >= 11 is 0. The van der Waals surface area contributed by atoms with Gasteiger partial charge in [0.15, 0.2) is 5.69 Å². The summed E-state index contributed by atoms with van der Waals surface area (Å²) in [6.45, 7) is -1.55. The van der Waals surface area contributed by atoms with Gasteiger partial charge in [-0.05, 0) is 18.2 Å². The first-order chi connectivity index (χ1) is 12.1. The van der Waals surface area contributed by atoms with Crippen LogP contribution >= 0.6 is 12.4 Å². The molecule has 1 aliphatic heterocycles.